The number of nitrogens with zero attached hydrogens (tertiary/aromatic N) is 1. The van der Waals surface area contributed by atoms with Gasteiger partial charge in [-0.15, -0.1) is 0 Å². The number of anilines is 1. The second-order valence-corrected chi connectivity index (χ2v) is 5.31. The van der Waals surface area contributed by atoms with Crippen molar-refractivity contribution in [1.82, 2.24) is 5.32 Å². The standard InChI is InChI=1S/C12H16FIN2/c1-15-10-4-6-16(7-5-10)12-3-2-9(13)8-11(12)14/h2-3,8,10,15H,4-7H2,1H3. The first-order valence-corrected chi connectivity index (χ1v) is 6.66. The first kappa shape index (κ1) is 12.1. The summed E-state index contributed by atoms with van der Waals surface area (Å²) >= 11 is 2.21. The molecule has 0 aliphatic carbocycles. The second kappa shape index (κ2) is 5.31. The van der Waals surface area contributed by atoms with Crippen LogP contribution in [0.4, 0.5) is 10.1 Å². The van der Waals surface area contributed by atoms with E-state index in [9.17, 15) is 4.39 Å². The highest BCUT2D eigenvalue weighted by Gasteiger charge is 2.19. The number of piperidine rings is 1. The van der Waals surface area contributed by atoms with Crippen molar-refractivity contribution in [3.8, 4) is 0 Å². The van der Waals surface area contributed by atoms with Gasteiger partial charge in [0.1, 0.15) is 5.82 Å². The van der Waals surface area contributed by atoms with Crippen LogP contribution in [0.15, 0.2) is 18.2 Å². The molecule has 1 N–H and O–H groups in total. The fraction of sp³-hybridized carbons (Fsp3) is 0.500. The molecule has 1 fully saturated rings. The van der Waals surface area contributed by atoms with Crippen LogP contribution in [0, 0.1) is 9.39 Å². The summed E-state index contributed by atoms with van der Waals surface area (Å²) in [6, 6.07) is 5.66. The van der Waals surface area contributed by atoms with Crippen LogP contribution < -0.4 is 10.2 Å². The topological polar surface area (TPSA) is 15.3 Å². The number of halogens is 2. The molecule has 0 aromatic heterocycles. The van der Waals surface area contributed by atoms with Crippen molar-refractivity contribution < 1.29 is 4.39 Å². The SMILES string of the molecule is CNC1CCN(c2ccc(F)cc2I)CC1. The monoisotopic (exact) mass is 334 g/mol. The normalized spacial score (nSPS) is 17.8. The van der Waals surface area contributed by atoms with Gasteiger partial charge in [0, 0.05) is 22.7 Å². The smallest absolute Gasteiger partial charge is 0.124 e. The summed E-state index contributed by atoms with van der Waals surface area (Å²) in [6.45, 7) is 2.10. The van der Waals surface area contributed by atoms with Crippen LogP contribution in [0.25, 0.3) is 0 Å². The van der Waals surface area contributed by atoms with E-state index in [-0.39, 0.29) is 5.82 Å². The highest BCUT2D eigenvalue weighted by Crippen LogP contribution is 2.26. The molecule has 0 radical (unpaired) electrons. The summed E-state index contributed by atoms with van der Waals surface area (Å²) in [4.78, 5) is 2.34. The lowest BCUT2D eigenvalue weighted by molar-refractivity contribution is 0.442. The molecule has 0 bridgehead atoms. The van der Waals surface area contributed by atoms with Crippen LogP contribution in [0.5, 0.6) is 0 Å². The van der Waals surface area contributed by atoms with Crippen LogP contribution in [-0.2, 0) is 0 Å². The van der Waals surface area contributed by atoms with Crippen molar-refractivity contribution in [2.24, 2.45) is 0 Å². The maximum Gasteiger partial charge on any atom is 0.124 e. The van der Waals surface area contributed by atoms with Gasteiger partial charge in [-0.3, -0.25) is 0 Å². The minimum atomic E-state index is -0.154. The fourth-order valence-electron chi connectivity index (χ4n) is 2.15. The van der Waals surface area contributed by atoms with Gasteiger partial charge in [0.2, 0.25) is 0 Å². The molecule has 0 amide bonds. The minimum Gasteiger partial charge on any atom is -0.371 e. The molecule has 88 valence electrons. The third-order valence-corrected chi connectivity index (χ3v) is 4.02. The molecular formula is C12H16FIN2. The lowest BCUT2D eigenvalue weighted by atomic mass is 10.0. The van der Waals surface area contributed by atoms with Crippen LogP contribution in [0.2, 0.25) is 0 Å². The van der Waals surface area contributed by atoms with Crippen LogP contribution in [-0.4, -0.2) is 26.2 Å². The molecule has 0 saturated carbocycles. The van der Waals surface area contributed by atoms with Crippen LogP contribution >= 0.6 is 22.6 Å². The molecule has 16 heavy (non-hydrogen) atoms. The Labute approximate surface area is 109 Å². The number of hydrogen-bond acceptors (Lipinski definition) is 2. The number of nitrogens with one attached hydrogen (secondary N) is 1. The minimum absolute atomic E-state index is 0.154. The van der Waals surface area contributed by atoms with E-state index in [0.717, 1.165) is 35.2 Å². The quantitative estimate of drug-likeness (QED) is 0.837. The second-order valence-electron chi connectivity index (χ2n) is 4.15. The lowest BCUT2D eigenvalue weighted by Crippen LogP contribution is -2.41. The van der Waals surface area contributed by atoms with Crippen molar-refractivity contribution in [2.75, 3.05) is 25.0 Å². The molecule has 1 aromatic carbocycles. The summed E-state index contributed by atoms with van der Waals surface area (Å²) in [6.07, 6.45) is 2.31. The molecular weight excluding hydrogens is 318 g/mol. The Kier molecular flexibility index (Phi) is 4.02. The van der Waals surface area contributed by atoms with Gasteiger partial charge in [-0.1, -0.05) is 0 Å². The summed E-state index contributed by atoms with van der Waals surface area (Å²) in [5, 5.41) is 3.31. The molecule has 1 aromatic rings. The maximum absolute atomic E-state index is 13.0. The van der Waals surface area contributed by atoms with E-state index in [4.69, 9.17) is 0 Å². The number of rotatable bonds is 2. The van der Waals surface area contributed by atoms with E-state index in [1.165, 1.54) is 0 Å². The van der Waals surface area contributed by atoms with Gasteiger partial charge >= 0.3 is 0 Å². The maximum atomic E-state index is 13.0. The summed E-state index contributed by atoms with van der Waals surface area (Å²) in [5.74, 6) is -0.154. The van der Waals surface area contributed by atoms with E-state index in [1.54, 1.807) is 12.1 Å². The zero-order valence-corrected chi connectivity index (χ0v) is 11.5. The van der Waals surface area contributed by atoms with Crippen LogP contribution in [0.3, 0.4) is 0 Å². The van der Waals surface area contributed by atoms with Crippen molar-refractivity contribution in [3.05, 3.63) is 27.6 Å². The average molecular weight is 334 g/mol. The molecule has 2 rings (SSSR count). The van der Waals surface area contributed by atoms with E-state index in [0.29, 0.717) is 6.04 Å². The van der Waals surface area contributed by atoms with Gasteiger partial charge in [-0.05, 0) is 60.7 Å². The summed E-state index contributed by atoms with van der Waals surface area (Å²) < 4.78 is 14.0. The van der Waals surface area contributed by atoms with E-state index in [1.807, 2.05) is 13.1 Å². The van der Waals surface area contributed by atoms with Gasteiger partial charge in [0.25, 0.3) is 0 Å². The van der Waals surface area contributed by atoms with Crippen molar-refractivity contribution >= 4 is 28.3 Å². The van der Waals surface area contributed by atoms with Crippen LogP contribution in [0.1, 0.15) is 12.8 Å². The number of hydrogen-bond donors (Lipinski definition) is 1. The third-order valence-electron chi connectivity index (χ3n) is 3.15. The molecule has 0 atom stereocenters. The Hall–Kier alpha value is -0.360. The molecule has 2 nitrogen and oxygen atoms in total. The Morgan fingerprint density at radius 3 is 2.62 bits per heavy atom. The molecule has 0 unspecified atom stereocenters. The third kappa shape index (κ3) is 2.66. The van der Waals surface area contributed by atoms with Gasteiger partial charge in [-0.25, -0.2) is 4.39 Å². The number of benzene rings is 1. The largest absolute Gasteiger partial charge is 0.371 e. The Balaban J connectivity index is 2.08. The Morgan fingerprint density at radius 1 is 1.38 bits per heavy atom. The van der Waals surface area contributed by atoms with E-state index >= 15 is 0 Å². The molecule has 1 heterocycles. The average Bonchev–Trinajstić information content (AvgIpc) is 2.29. The Morgan fingerprint density at radius 2 is 2.06 bits per heavy atom. The zero-order chi connectivity index (χ0) is 11.5. The van der Waals surface area contributed by atoms with Gasteiger partial charge < -0.3 is 10.2 Å². The summed E-state index contributed by atoms with van der Waals surface area (Å²) in [7, 11) is 2.02. The summed E-state index contributed by atoms with van der Waals surface area (Å²) in [5.41, 5.74) is 1.16. The zero-order valence-electron chi connectivity index (χ0n) is 9.34. The highest BCUT2D eigenvalue weighted by atomic mass is 127. The van der Waals surface area contributed by atoms with E-state index in [2.05, 4.69) is 32.8 Å². The van der Waals surface area contributed by atoms with Crippen molar-refractivity contribution in [1.29, 1.82) is 0 Å². The predicted molar refractivity (Wildman–Crippen MR) is 73.4 cm³/mol. The fourth-order valence-corrected chi connectivity index (χ4v) is 2.97. The molecule has 0 spiro atoms. The van der Waals surface area contributed by atoms with Crippen molar-refractivity contribution in [3.63, 3.8) is 0 Å². The van der Waals surface area contributed by atoms with Gasteiger partial charge in [0.05, 0.1) is 5.69 Å². The van der Waals surface area contributed by atoms with Gasteiger partial charge in [-0.2, -0.15) is 0 Å². The molecule has 1 aliphatic heterocycles. The van der Waals surface area contributed by atoms with Gasteiger partial charge in [0.15, 0.2) is 0 Å². The predicted octanol–water partition coefficient (Wildman–Crippen LogP) is 2.62. The van der Waals surface area contributed by atoms with Crippen molar-refractivity contribution in [2.45, 2.75) is 18.9 Å². The molecule has 1 saturated heterocycles. The first-order valence-electron chi connectivity index (χ1n) is 5.58. The molecule has 1 aliphatic rings. The highest BCUT2D eigenvalue weighted by molar-refractivity contribution is 14.1. The first-order chi connectivity index (χ1) is 7.70. The lowest BCUT2D eigenvalue weighted by Gasteiger charge is -2.34. The molecule has 4 heteroatoms. The van der Waals surface area contributed by atoms with E-state index < -0.39 is 0 Å². The Bertz CT molecular complexity index is 362.